The third kappa shape index (κ3) is 2.69. The number of sulfonamides is 1. The zero-order valence-corrected chi connectivity index (χ0v) is 16.0. The molecule has 5 rings (SSSR count). The summed E-state index contributed by atoms with van der Waals surface area (Å²) in [6, 6.07) is 14.9. The van der Waals surface area contributed by atoms with Gasteiger partial charge in [-0.05, 0) is 60.9 Å². The first-order valence-electron chi connectivity index (χ1n) is 9.61. The van der Waals surface area contributed by atoms with E-state index in [9.17, 15) is 18.3 Å². The number of aliphatic hydroxyl groups is 1. The van der Waals surface area contributed by atoms with Crippen LogP contribution in [-0.4, -0.2) is 42.4 Å². The summed E-state index contributed by atoms with van der Waals surface area (Å²) in [5, 5.41) is 13.3. The number of benzene rings is 2. The standard InChI is InChI=1S/C21H22N2O4S/c24-20-14-9-15-12-23(19(20)18(15)11-14)28(26,27)17-8-4-5-13(10-17)21(25)22-16-6-2-1-3-7-16/h1-8,10,14-15,18-20,24H,9,11-12H2,(H,22,25)/t14-,15-,18+,19+,20+/m0/s1. The Morgan fingerprint density at radius 1 is 1.04 bits per heavy atom. The summed E-state index contributed by atoms with van der Waals surface area (Å²) in [5.41, 5.74) is 0.939. The molecule has 0 spiro atoms. The molecule has 2 bridgehead atoms. The largest absolute Gasteiger partial charge is 0.391 e. The predicted molar refractivity (Wildman–Crippen MR) is 104 cm³/mol. The lowest BCUT2D eigenvalue weighted by Crippen LogP contribution is -2.43. The highest BCUT2D eigenvalue weighted by Crippen LogP contribution is 2.56. The van der Waals surface area contributed by atoms with Crippen LogP contribution in [-0.2, 0) is 10.0 Å². The molecule has 2 N–H and O–H groups in total. The van der Waals surface area contributed by atoms with Crippen molar-refractivity contribution < 1.29 is 18.3 Å². The summed E-state index contributed by atoms with van der Waals surface area (Å²) in [6.07, 6.45) is 1.25. The van der Waals surface area contributed by atoms with Gasteiger partial charge in [-0.1, -0.05) is 24.3 Å². The van der Waals surface area contributed by atoms with Crippen LogP contribution in [0.4, 0.5) is 5.69 Å². The van der Waals surface area contributed by atoms with Gasteiger partial charge < -0.3 is 10.4 Å². The normalized spacial score (nSPS) is 31.2. The molecule has 2 aromatic carbocycles. The molecule has 0 unspecified atom stereocenters. The summed E-state index contributed by atoms with van der Waals surface area (Å²) in [4.78, 5) is 12.7. The van der Waals surface area contributed by atoms with Crippen molar-refractivity contribution >= 4 is 21.6 Å². The molecule has 2 aromatic rings. The second-order valence-corrected chi connectivity index (χ2v) is 9.95. The van der Waals surface area contributed by atoms with Gasteiger partial charge in [0.2, 0.25) is 10.0 Å². The number of aliphatic hydroxyl groups excluding tert-OH is 1. The Morgan fingerprint density at radius 3 is 2.57 bits per heavy atom. The van der Waals surface area contributed by atoms with Crippen LogP contribution in [0.2, 0.25) is 0 Å². The molecule has 3 aliphatic rings. The van der Waals surface area contributed by atoms with Crippen LogP contribution in [0.5, 0.6) is 0 Å². The minimum absolute atomic E-state index is 0.102. The van der Waals surface area contributed by atoms with Crippen molar-refractivity contribution in [3.8, 4) is 0 Å². The predicted octanol–water partition coefficient (Wildman–Crippen LogP) is 2.33. The Hall–Kier alpha value is -2.22. The van der Waals surface area contributed by atoms with Crippen LogP contribution in [0.3, 0.4) is 0 Å². The molecule has 1 amide bonds. The number of rotatable bonds is 4. The van der Waals surface area contributed by atoms with Gasteiger partial charge in [-0.25, -0.2) is 8.42 Å². The second kappa shape index (κ2) is 6.40. The molecule has 0 aromatic heterocycles. The molecule has 2 aliphatic carbocycles. The molecule has 146 valence electrons. The number of anilines is 1. The zero-order chi connectivity index (χ0) is 19.5. The Kier molecular flexibility index (Phi) is 4.08. The molecular weight excluding hydrogens is 376 g/mol. The van der Waals surface area contributed by atoms with Crippen molar-refractivity contribution in [3.63, 3.8) is 0 Å². The lowest BCUT2D eigenvalue weighted by molar-refractivity contribution is 0.0731. The lowest BCUT2D eigenvalue weighted by Gasteiger charge is -2.28. The highest BCUT2D eigenvalue weighted by molar-refractivity contribution is 7.89. The molecule has 1 heterocycles. The van der Waals surface area contributed by atoms with Crippen molar-refractivity contribution in [1.29, 1.82) is 0 Å². The van der Waals surface area contributed by atoms with E-state index < -0.39 is 16.1 Å². The average molecular weight is 398 g/mol. The number of nitrogens with zero attached hydrogens (tertiary/aromatic N) is 1. The van der Waals surface area contributed by atoms with Crippen LogP contribution >= 0.6 is 0 Å². The molecule has 6 nitrogen and oxygen atoms in total. The lowest BCUT2D eigenvalue weighted by atomic mass is 9.88. The van der Waals surface area contributed by atoms with Crippen LogP contribution in [0.25, 0.3) is 0 Å². The van der Waals surface area contributed by atoms with Crippen molar-refractivity contribution in [3.05, 3.63) is 60.2 Å². The van der Waals surface area contributed by atoms with Gasteiger partial charge >= 0.3 is 0 Å². The number of fused-ring (bicyclic) bond motifs is 1. The van der Waals surface area contributed by atoms with Gasteiger partial charge in [0, 0.05) is 17.8 Å². The van der Waals surface area contributed by atoms with E-state index >= 15 is 0 Å². The smallest absolute Gasteiger partial charge is 0.255 e. The van der Waals surface area contributed by atoms with Gasteiger partial charge in [-0.15, -0.1) is 0 Å². The Morgan fingerprint density at radius 2 is 1.82 bits per heavy atom. The third-order valence-corrected chi connectivity index (χ3v) is 8.40. The summed E-state index contributed by atoms with van der Waals surface area (Å²) < 4.78 is 28.1. The van der Waals surface area contributed by atoms with Crippen molar-refractivity contribution in [2.45, 2.75) is 29.9 Å². The first-order valence-corrected chi connectivity index (χ1v) is 11.1. The van der Waals surface area contributed by atoms with Crippen LogP contribution in [0.1, 0.15) is 23.2 Å². The monoisotopic (exact) mass is 398 g/mol. The minimum Gasteiger partial charge on any atom is -0.391 e. The summed E-state index contributed by atoms with van der Waals surface area (Å²) in [7, 11) is -3.77. The Balaban J connectivity index is 1.42. The van der Waals surface area contributed by atoms with Gasteiger partial charge in [0.1, 0.15) is 0 Å². The zero-order valence-electron chi connectivity index (χ0n) is 15.2. The average Bonchev–Trinajstić information content (AvgIpc) is 3.32. The van der Waals surface area contributed by atoms with Gasteiger partial charge in [0.05, 0.1) is 17.0 Å². The number of carbonyl (C=O) groups excluding carboxylic acids is 1. The van der Waals surface area contributed by atoms with Crippen LogP contribution in [0, 0.1) is 17.8 Å². The third-order valence-electron chi connectivity index (χ3n) is 6.54. The van der Waals surface area contributed by atoms with E-state index in [0.717, 1.165) is 12.8 Å². The molecule has 7 heteroatoms. The SMILES string of the molecule is O=C(Nc1ccccc1)c1cccc(S(=O)(=O)N2C[C@@H]3C[C@H]4C[C@H]3[C@@H]2[C@@H]4O)c1. The number of carbonyl (C=O) groups is 1. The van der Waals surface area contributed by atoms with E-state index in [-0.39, 0.29) is 34.2 Å². The quantitative estimate of drug-likeness (QED) is 0.828. The number of nitrogens with one attached hydrogen (secondary N) is 1. The maximum absolute atomic E-state index is 13.3. The maximum Gasteiger partial charge on any atom is 0.255 e. The molecule has 3 fully saturated rings. The molecule has 2 saturated carbocycles. The summed E-state index contributed by atoms with van der Waals surface area (Å²) in [5.74, 6) is 0.478. The first kappa shape index (κ1) is 17.8. The van der Waals surface area contributed by atoms with E-state index in [1.54, 1.807) is 24.3 Å². The Labute approximate surface area is 164 Å². The maximum atomic E-state index is 13.3. The van der Waals surface area contributed by atoms with E-state index in [1.165, 1.54) is 16.4 Å². The number of amides is 1. The molecular formula is C21H22N2O4S. The number of hydrogen-bond acceptors (Lipinski definition) is 4. The van der Waals surface area contributed by atoms with Crippen LogP contribution < -0.4 is 5.32 Å². The fourth-order valence-corrected chi connectivity index (χ4v) is 7.08. The van der Waals surface area contributed by atoms with Crippen LogP contribution in [0.15, 0.2) is 59.5 Å². The highest BCUT2D eigenvalue weighted by atomic mass is 32.2. The highest BCUT2D eigenvalue weighted by Gasteiger charge is 2.61. The number of hydrogen-bond donors (Lipinski definition) is 2. The molecule has 28 heavy (non-hydrogen) atoms. The molecule has 0 radical (unpaired) electrons. The summed E-state index contributed by atoms with van der Waals surface area (Å²) in [6.45, 7) is 0.464. The molecule has 5 atom stereocenters. The van der Waals surface area contributed by atoms with Gasteiger partial charge in [-0.3, -0.25) is 4.79 Å². The van der Waals surface area contributed by atoms with E-state index in [4.69, 9.17) is 0 Å². The van der Waals surface area contributed by atoms with Crippen molar-refractivity contribution in [2.24, 2.45) is 17.8 Å². The van der Waals surface area contributed by atoms with Gasteiger partial charge in [0.15, 0.2) is 0 Å². The fraction of sp³-hybridized carbons (Fsp3) is 0.381. The second-order valence-electron chi connectivity index (χ2n) is 8.06. The van der Waals surface area contributed by atoms with Crippen molar-refractivity contribution in [2.75, 3.05) is 11.9 Å². The molecule has 1 saturated heterocycles. The van der Waals surface area contributed by atoms with E-state index in [1.807, 2.05) is 18.2 Å². The molecule has 1 aliphatic heterocycles. The minimum atomic E-state index is -3.77. The number of para-hydroxylation sites is 1. The van der Waals surface area contributed by atoms with E-state index in [2.05, 4.69) is 5.32 Å². The van der Waals surface area contributed by atoms with Crippen molar-refractivity contribution in [1.82, 2.24) is 4.31 Å². The topological polar surface area (TPSA) is 86.7 Å². The first-order chi connectivity index (χ1) is 13.4. The summed E-state index contributed by atoms with van der Waals surface area (Å²) >= 11 is 0. The fourth-order valence-electron chi connectivity index (χ4n) is 5.29. The Bertz CT molecular complexity index is 1020. The van der Waals surface area contributed by atoms with Gasteiger partial charge in [-0.2, -0.15) is 4.31 Å². The van der Waals surface area contributed by atoms with E-state index in [0.29, 0.717) is 18.2 Å². The van der Waals surface area contributed by atoms with Gasteiger partial charge in [0.25, 0.3) is 5.91 Å².